The molecule has 0 amide bonds. The number of methoxy groups -OCH3 is 2. The number of aromatic nitrogens is 2. The summed E-state index contributed by atoms with van der Waals surface area (Å²) in [7, 11) is -0.913. The van der Waals surface area contributed by atoms with E-state index in [1.54, 1.807) is 16.4 Å². The average Bonchev–Trinajstić information content (AvgIpc) is 3.03. The van der Waals surface area contributed by atoms with Gasteiger partial charge in [0.25, 0.3) is 5.56 Å². The number of nitrogens with zero attached hydrogens (tertiary/aromatic N) is 2. The highest BCUT2D eigenvalue weighted by Gasteiger charge is 2.46. The van der Waals surface area contributed by atoms with Crippen LogP contribution in [0.3, 0.4) is 0 Å². The summed E-state index contributed by atoms with van der Waals surface area (Å²) in [6, 6.07) is 4.24. The fourth-order valence-electron chi connectivity index (χ4n) is 4.41. The highest BCUT2D eigenvalue weighted by molar-refractivity contribution is 7.89. The van der Waals surface area contributed by atoms with Gasteiger partial charge in [-0.15, -0.1) is 0 Å². The van der Waals surface area contributed by atoms with E-state index in [-0.39, 0.29) is 28.3 Å². The number of hydrogen-bond donors (Lipinski definition) is 1. The summed E-state index contributed by atoms with van der Waals surface area (Å²) in [4.78, 5) is 20.1. The number of hydrogen-bond acceptors (Lipinski definition) is 6. The molecule has 3 heterocycles. The van der Waals surface area contributed by atoms with E-state index in [1.807, 2.05) is 6.92 Å². The number of ether oxygens (including phenoxy) is 2. The number of fused-ring (bicyclic) bond motifs is 3. The molecular formula is C20H25N3O5S. The van der Waals surface area contributed by atoms with Crippen LogP contribution in [0.5, 0.6) is 11.5 Å². The molecule has 0 radical (unpaired) electrons. The fraction of sp³-hybridized carbons (Fsp3) is 0.500. The lowest BCUT2D eigenvalue weighted by Crippen LogP contribution is -2.41. The molecule has 1 N–H and O–H groups in total. The normalized spacial score (nSPS) is 21.5. The molecule has 8 nitrogen and oxygen atoms in total. The Morgan fingerprint density at radius 1 is 1.17 bits per heavy atom. The summed E-state index contributed by atoms with van der Waals surface area (Å²) in [6.07, 6.45) is 2.88. The molecule has 0 saturated carbocycles. The lowest BCUT2D eigenvalue weighted by molar-refractivity contribution is 0.323. The van der Waals surface area contributed by atoms with Gasteiger partial charge in [-0.1, -0.05) is 6.92 Å². The van der Waals surface area contributed by atoms with Crippen LogP contribution >= 0.6 is 0 Å². The quantitative estimate of drug-likeness (QED) is 0.791. The zero-order valence-corrected chi connectivity index (χ0v) is 17.6. The second-order valence-corrected chi connectivity index (χ2v) is 9.25. The summed E-state index contributed by atoms with van der Waals surface area (Å²) in [6.45, 7) is 1.93. The SMILES string of the molecule is CCc1nc2c(c(=O)[nH]1)C[C@H]1CC[C@@H](C2)N1S(=O)(=O)c1cc(OC)ccc1OC. The summed E-state index contributed by atoms with van der Waals surface area (Å²) in [5.41, 5.74) is 1.17. The third-order valence-electron chi connectivity index (χ3n) is 5.83. The van der Waals surface area contributed by atoms with E-state index in [2.05, 4.69) is 9.97 Å². The summed E-state index contributed by atoms with van der Waals surface area (Å²) in [5, 5.41) is 0. The fourth-order valence-corrected chi connectivity index (χ4v) is 6.46. The molecule has 0 spiro atoms. The van der Waals surface area contributed by atoms with Crippen molar-refractivity contribution in [2.45, 2.75) is 56.0 Å². The van der Waals surface area contributed by atoms with Crippen molar-refractivity contribution in [3.8, 4) is 11.5 Å². The first-order chi connectivity index (χ1) is 13.9. The van der Waals surface area contributed by atoms with Crippen molar-refractivity contribution in [2.75, 3.05) is 14.2 Å². The van der Waals surface area contributed by atoms with Crippen LogP contribution in [0.1, 0.15) is 36.8 Å². The maximum atomic E-state index is 13.7. The molecule has 4 rings (SSSR count). The molecule has 156 valence electrons. The van der Waals surface area contributed by atoms with Gasteiger partial charge < -0.3 is 14.5 Å². The van der Waals surface area contributed by atoms with Gasteiger partial charge in [-0.2, -0.15) is 4.31 Å². The van der Waals surface area contributed by atoms with Crippen LogP contribution in [-0.2, 0) is 29.3 Å². The minimum absolute atomic E-state index is 0.0818. The van der Waals surface area contributed by atoms with Crippen molar-refractivity contribution < 1.29 is 17.9 Å². The first kappa shape index (κ1) is 19.9. The third-order valence-corrected chi connectivity index (χ3v) is 7.86. The van der Waals surface area contributed by atoms with Crippen molar-refractivity contribution >= 4 is 10.0 Å². The molecule has 2 aromatic rings. The predicted molar refractivity (Wildman–Crippen MR) is 107 cm³/mol. The Hall–Kier alpha value is -2.39. The van der Waals surface area contributed by atoms with Crippen molar-refractivity contribution in [3.05, 3.63) is 45.6 Å². The van der Waals surface area contributed by atoms with Crippen LogP contribution in [0.25, 0.3) is 0 Å². The van der Waals surface area contributed by atoms with Crippen molar-refractivity contribution in [1.82, 2.24) is 14.3 Å². The lowest BCUT2D eigenvalue weighted by atomic mass is 9.98. The van der Waals surface area contributed by atoms with E-state index in [0.29, 0.717) is 42.8 Å². The first-order valence-corrected chi connectivity index (χ1v) is 11.2. The molecule has 1 aromatic heterocycles. The largest absolute Gasteiger partial charge is 0.497 e. The van der Waals surface area contributed by atoms with E-state index in [0.717, 1.165) is 12.1 Å². The number of H-pyrrole nitrogens is 1. The molecule has 1 saturated heterocycles. The van der Waals surface area contributed by atoms with Crippen LogP contribution in [-0.4, -0.2) is 49.0 Å². The molecule has 2 atom stereocenters. The van der Waals surface area contributed by atoms with E-state index >= 15 is 0 Å². The molecule has 2 bridgehead atoms. The number of aromatic amines is 1. The predicted octanol–water partition coefficient (Wildman–Crippen LogP) is 1.67. The van der Waals surface area contributed by atoms with Crippen LogP contribution < -0.4 is 15.0 Å². The Bertz CT molecular complexity index is 1100. The molecule has 2 aliphatic heterocycles. The highest BCUT2D eigenvalue weighted by Crippen LogP contribution is 2.40. The molecule has 9 heteroatoms. The Morgan fingerprint density at radius 2 is 1.90 bits per heavy atom. The van der Waals surface area contributed by atoms with Crippen LogP contribution in [0.2, 0.25) is 0 Å². The Kier molecular flexibility index (Phi) is 5.12. The minimum Gasteiger partial charge on any atom is -0.497 e. The number of rotatable bonds is 5. The highest BCUT2D eigenvalue weighted by atomic mass is 32.2. The minimum atomic E-state index is -3.85. The molecule has 0 unspecified atom stereocenters. The molecule has 2 aliphatic rings. The lowest BCUT2D eigenvalue weighted by Gasteiger charge is -2.28. The summed E-state index contributed by atoms with van der Waals surface area (Å²) in [5.74, 6) is 1.35. The zero-order valence-electron chi connectivity index (χ0n) is 16.8. The maximum absolute atomic E-state index is 13.7. The van der Waals surface area contributed by atoms with Gasteiger partial charge in [-0.3, -0.25) is 4.79 Å². The molecule has 29 heavy (non-hydrogen) atoms. The Labute approximate surface area is 169 Å². The topological polar surface area (TPSA) is 102 Å². The standard InChI is InChI=1S/C20H25N3O5S/c1-4-19-21-16-10-13-6-5-12(9-15(16)20(24)22-19)23(13)29(25,26)18-11-14(27-2)7-8-17(18)28-3/h7-8,11-13H,4-6,9-10H2,1-3H3,(H,21,22,24)/t12-,13+/m1/s1. The Morgan fingerprint density at radius 3 is 2.55 bits per heavy atom. The van der Waals surface area contributed by atoms with E-state index in [9.17, 15) is 13.2 Å². The van der Waals surface area contributed by atoms with Crippen molar-refractivity contribution in [3.63, 3.8) is 0 Å². The smallest absolute Gasteiger partial charge is 0.254 e. The van der Waals surface area contributed by atoms with Gasteiger partial charge >= 0.3 is 0 Å². The molecular weight excluding hydrogens is 394 g/mol. The van der Waals surface area contributed by atoms with Gasteiger partial charge in [-0.05, 0) is 31.4 Å². The number of aryl methyl sites for hydroxylation is 1. The van der Waals surface area contributed by atoms with Crippen LogP contribution in [0.15, 0.2) is 27.9 Å². The average molecular weight is 420 g/mol. The van der Waals surface area contributed by atoms with E-state index in [1.165, 1.54) is 20.3 Å². The van der Waals surface area contributed by atoms with Gasteiger partial charge in [0.2, 0.25) is 10.0 Å². The van der Waals surface area contributed by atoms with Crippen LogP contribution in [0.4, 0.5) is 0 Å². The van der Waals surface area contributed by atoms with Gasteiger partial charge in [-0.25, -0.2) is 13.4 Å². The number of sulfonamides is 1. The van der Waals surface area contributed by atoms with Crippen molar-refractivity contribution in [2.24, 2.45) is 0 Å². The second kappa shape index (κ2) is 7.46. The Balaban J connectivity index is 1.79. The van der Waals surface area contributed by atoms with Gasteiger partial charge in [0.05, 0.1) is 19.9 Å². The van der Waals surface area contributed by atoms with E-state index < -0.39 is 10.0 Å². The van der Waals surface area contributed by atoms with Crippen molar-refractivity contribution in [1.29, 1.82) is 0 Å². The number of nitrogens with one attached hydrogen (secondary N) is 1. The second-order valence-electron chi connectivity index (χ2n) is 7.44. The van der Waals surface area contributed by atoms with Gasteiger partial charge in [0, 0.05) is 36.6 Å². The first-order valence-electron chi connectivity index (χ1n) is 9.75. The monoisotopic (exact) mass is 419 g/mol. The maximum Gasteiger partial charge on any atom is 0.254 e. The third kappa shape index (κ3) is 3.32. The molecule has 0 aliphatic carbocycles. The zero-order chi connectivity index (χ0) is 20.8. The number of benzene rings is 1. The molecule has 1 aromatic carbocycles. The van der Waals surface area contributed by atoms with E-state index in [4.69, 9.17) is 9.47 Å². The van der Waals surface area contributed by atoms with Crippen LogP contribution in [0, 0.1) is 0 Å². The summed E-state index contributed by atoms with van der Waals surface area (Å²) < 4.78 is 39.5. The molecule has 1 fully saturated rings. The van der Waals surface area contributed by atoms with Gasteiger partial charge in [0.15, 0.2) is 0 Å². The van der Waals surface area contributed by atoms with Gasteiger partial charge in [0.1, 0.15) is 22.2 Å². The summed E-state index contributed by atoms with van der Waals surface area (Å²) >= 11 is 0.